The second kappa shape index (κ2) is 12.2. The van der Waals surface area contributed by atoms with Crippen LogP contribution in [0.25, 0.3) is 15.6 Å². The molecule has 0 radical (unpaired) electrons. The van der Waals surface area contributed by atoms with Gasteiger partial charge >= 0.3 is 6.01 Å². The topological polar surface area (TPSA) is 69.4 Å². The number of aryl methyl sites for hydroxylation is 1. The van der Waals surface area contributed by atoms with Gasteiger partial charge in [0.05, 0.1) is 18.8 Å². The first kappa shape index (κ1) is 28.9. The van der Waals surface area contributed by atoms with E-state index >= 15 is 0 Å². The second-order valence-electron chi connectivity index (χ2n) is 12.2. The maximum absolute atomic E-state index is 12.6. The van der Waals surface area contributed by atoms with E-state index in [9.17, 15) is 4.79 Å². The molecule has 6 rings (SSSR count). The highest BCUT2D eigenvalue weighted by Crippen LogP contribution is 2.36. The van der Waals surface area contributed by atoms with Crippen LogP contribution in [0.2, 0.25) is 0 Å². The summed E-state index contributed by atoms with van der Waals surface area (Å²) in [7, 11) is 4.26. The van der Waals surface area contributed by atoms with E-state index in [2.05, 4.69) is 83.5 Å². The molecule has 2 fully saturated rings. The van der Waals surface area contributed by atoms with Crippen molar-refractivity contribution in [2.24, 2.45) is 5.92 Å². The van der Waals surface area contributed by atoms with Gasteiger partial charge in [-0.3, -0.25) is 4.79 Å². The van der Waals surface area contributed by atoms with Crippen molar-refractivity contribution in [1.29, 1.82) is 0 Å². The Morgan fingerprint density at radius 3 is 2.67 bits per heavy atom. The van der Waals surface area contributed by atoms with Crippen LogP contribution in [0.4, 0.5) is 11.5 Å². The third kappa shape index (κ3) is 5.64. The van der Waals surface area contributed by atoms with Crippen molar-refractivity contribution in [3.8, 4) is 6.01 Å². The maximum atomic E-state index is 12.6. The first-order valence-electron chi connectivity index (χ1n) is 15.3. The van der Waals surface area contributed by atoms with Gasteiger partial charge in [-0.25, -0.2) is 6.57 Å². The van der Waals surface area contributed by atoms with Crippen LogP contribution in [0.5, 0.6) is 6.01 Å². The quantitative estimate of drug-likeness (QED) is 0.291. The second-order valence-corrected chi connectivity index (χ2v) is 12.2. The zero-order chi connectivity index (χ0) is 30.1. The van der Waals surface area contributed by atoms with Crippen LogP contribution >= 0.6 is 0 Å². The molecule has 1 aromatic heterocycles. The Bertz CT molecular complexity index is 1560. The minimum Gasteiger partial charge on any atom is -0.463 e. The molecule has 1 amide bonds. The van der Waals surface area contributed by atoms with Gasteiger partial charge in [0, 0.05) is 54.8 Å². The van der Waals surface area contributed by atoms with E-state index in [0.29, 0.717) is 50.8 Å². The number of amides is 1. The first-order chi connectivity index (χ1) is 20.9. The number of benzene rings is 2. The standard InChI is InChI=1S/C34H41N7O2/c1-6-31(42)41-18-17-40(20-26(41)19-35-3)33-27-15-16-39(30-12-8-11-24-10-7-9-23(2)32(24)30)21-28(27)36-34(37-33)43-22-25-13-14-29(25)38(4)5/h6-12,25-26,29H,1,13-22H2,2,4-5H3/t25-,26+,29+/m1/s1. The molecular weight excluding hydrogens is 538 g/mol. The molecule has 9 nitrogen and oxygen atoms in total. The predicted octanol–water partition coefficient (Wildman–Crippen LogP) is 4.34. The Balaban J connectivity index is 1.33. The number of piperazine rings is 1. The molecule has 0 spiro atoms. The predicted molar refractivity (Wildman–Crippen MR) is 171 cm³/mol. The number of anilines is 2. The van der Waals surface area contributed by atoms with Gasteiger partial charge in [-0.05, 0) is 63.4 Å². The number of hydrogen-bond acceptors (Lipinski definition) is 7. The van der Waals surface area contributed by atoms with E-state index in [0.717, 1.165) is 36.5 Å². The van der Waals surface area contributed by atoms with Gasteiger partial charge in [0.2, 0.25) is 12.5 Å². The average molecular weight is 580 g/mol. The summed E-state index contributed by atoms with van der Waals surface area (Å²) in [4.78, 5) is 35.0. The van der Waals surface area contributed by atoms with Crippen LogP contribution in [-0.4, -0.2) is 91.2 Å². The van der Waals surface area contributed by atoms with Gasteiger partial charge < -0.3 is 29.2 Å². The summed E-state index contributed by atoms with van der Waals surface area (Å²) in [5.74, 6) is 1.22. The molecule has 3 atom stereocenters. The molecule has 3 heterocycles. The van der Waals surface area contributed by atoms with E-state index in [-0.39, 0.29) is 18.5 Å². The van der Waals surface area contributed by atoms with Crippen LogP contribution in [0.1, 0.15) is 29.7 Å². The van der Waals surface area contributed by atoms with Crippen molar-refractivity contribution < 1.29 is 9.53 Å². The van der Waals surface area contributed by atoms with E-state index < -0.39 is 0 Å². The molecule has 2 aromatic carbocycles. The Labute approximate surface area is 254 Å². The SMILES string of the molecule is [C-]#[N+]C[C@H]1CN(c2nc(OC[C@H]3CC[C@@H]3N(C)C)nc3c2CCN(c2cccc4cccc(C)c24)C3)CCN1C(=O)C=C. The number of nitrogens with zero attached hydrogens (tertiary/aromatic N) is 7. The normalized spacial score (nSPS) is 21.7. The fourth-order valence-corrected chi connectivity index (χ4v) is 7.01. The molecule has 9 heteroatoms. The number of hydrogen-bond donors (Lipinski definition) is 0. The van der Waals surface area contributed by atoms with Crippen molar-refractivity contribution in [2.75, 3.05) is 63.2 Å². The fourth-order valence-electron chi connectivity index (χ4n) is 7.01. The zero-order valence-corrected chi connectivity index (χ0v) is 25.5. The van der Waals surface area contributed by atoms with Crippen LogP contribution in [0, 0.1) is 19.4 Å². The van der Waals surface area contributed by atoms with Crippen LogP contribution in [0.3, 0.4) is 0 Å². The largest absolute Gasteiger partial charge is 0.463 e. The van der Waals surface area contributed by atoms with Crippen LogP contribution in [-0.2, 0) is 17.8 Å². The van der Waals surface area contributed by atoms with Gasteiger partial charge in [0.15, 0.2) is 0 Å². The van der Waals surface area contributed by atoms with Gasteiger partial charge in [0.1, 0.15) is 11.9 Å². The van der Waals surface area contributed by atoms with Crippen molar-refractivity contribution in [3.63, 3.8) is 0 Å². The zero-order valence-electron chi connectivity index (χ0n) is 25.5. The molecule has 0 N–H and O–H groups in total. The summed E-state index contributed by atoms with van der Waals surface area (Å²) in [6.45, 7) is 17.4. The molecule has 0 unspecified atom stereocenters. The molecule has 43 heavy (non-hydrogen) atoms. The minimum atomic E-state index is -0.221. The summed E-state index contributed by atoms with van der Waals surface area (Å²) in [6.07, 6.45) is 4.48. The summed E-state index contributed by atoms with van der Waals surface area (Å²) >= 11 is 0. The summed E-state index contributed by atoms with van der Waals surface area (Å²) in [6, 6.07) is 13.7. The molecule has 224 valence electrons. The maximum Gasteiger partial charge on any atom is 0.318 e. The van der Waals surface area contributed by atoms with Crippen molar-refractivity contribution in [1.82, 2.24) is 19.8 Å². The molecule has 3 aromatic rings. The molecule has 1 saturated heterocycles. The van der Waals surface area contributed by atoms with Crippen molar-refractivity contribution >= 4 is 28.2 Å². The number of fused-ring (bicyclic) bond motifs is 2. The Kier molecular flexibility index (Phi) is 8.22. The molecule has 0 bridgehead atoms. The van der Waals surface area contributed by atoms with Gasteiger partial charge in [0.25, 0.3) is 0 Å². The molecule has 1 saturated carbocycles. The van der Waals surface area contributed by atoms with E-state index in [1.807, 2.05) is 0 Å². The molecular formula is C34H41N7O2. The van der Waals surface area contributed by atoms with Gasteiger partial charge in [-0.2, -0.15) is 9.97 Å². The monoisotopic (exact) mass is 579 g/mol. The highest BCUT2D eigenvalue weighted by atomic mass is 16.5. The Hall–Kier alpha value is -4.16. The average Bonchev–Trinajstić information content (AvgIpc) is 2.99. The Morgan fingerprint density at radius 2 is 1.95 bits per heavy atom. The molecule has 1 aliphatic carbocycles. The van der Waals surface area contributed by atoms with Gasteiger partial charge in [-0.1, -0.05) is 36.9 Å². The number of ether oxygens (including phenoxy) is 1. The van der Waals surface area contributed by atoms with E-state index in [1.54, 1.807) is 4.90 Å². The third-order valence-corrected chi connectivity index (χ3v) is 9.46. The lowest BCUT2D eigenvalue weighted by Crippen LogP contribution is -2.56. The number of rotatable bonds is 8. The van der Waals surface area contributed by atoms with E-state index in [1.165, 1.54) is 34.5 Å². The van der Waals surface area contributed by atoms with E-state index in [4.69, 9.17) is 21.3 Å². The summed E-state index contributed by atoms with van der Waals surface area (Å²) in [5, 5.41) is 2.52. The molecule has 2 aliphatic heterocycles. The van der Waals surface area contributed by atoms with Crippen LogP contribution in [0.15, 0.2) is 49.1 Å². The highest BCUT2D eigenvalue weighted by Gasteiger charge is 2.36. The number of aromatic nitrogens is 2. The number of carbonyl (C=O) groups excluding carboxylic acids is 1. The summed E-state index contributed by atoms with van der Waals surface area (Å²) < 4.78 is 6.35. The van der Waals surface area contributed by atoms with Gasteiger partial charge in [-0.15, -0.1) is 0 Å². The summed E-state index contributed by atoms with van der Waals surface area (Å²) in [5.41, 5.74) is 4.61. The lowest BCUT2D eigenvalue weighted by atomic mass is 9.79. The van der Waals surface area contributed by atoms with Crippen LogP contribution < -0.4 is 14.5 Å². The third-order valence-electron chi connectivity index (χ3n) is 9.46. The van der Waals surface area contributed by atoms with Crippen molar-refractivity contribution in [2.45, 2.75) is 44.8 Å². The highest BCUT2D eigenvalue weighted by molar-refractivity contribution is 5.97. The molecule has 3 aliphatic rings. The Morgan fingerprint density at radius 1 is 1.14 bits per heavy atom. The number of carbonyl (C=O) groups is 1. The minimum absolute atomic E-state index is 0.126. The fraction of sp³-hybridized carbons (Fsp3) is 0.471. The first-order valence-corrected chi connectivity index (χ1v) is 15.3. The van der Waals surface area contributed by atoms with Crippen molar-refractivity contribution in [3.05, 3.63) is 77.3 Å². The smallest absolute Gasteiger partial charge is 0.318 e. The lowest BCUT2D eigenvalue weighted by Gasteiger charge is -2.41. The lowest BCUT2D eigenvalue weighted by molar-refractivity contribution is -0.128.